The number of hydrogen-bond acceptors (Lipinski definition) is 3. The smallest absolute Gasteiger partial charge is 0.308 e. The number of carboxylic acids is 1. The van der Waals surface area contributed by atoms with Crippen LogP contribution in [-0.2, 0) is 4.79 Å². The molecule has 106 valence electrons. The minimum Gasteiger partial charge on any atom is -0.481 e. The van der Waals surface area contributed by atoms with Crippen LogP contribution in [0.1, 0.15) is 35.3 Å². The normalized spacial score (nSPS) is 27.9. The Morgan fingerprint density at radius 3 is 2.75 bits per heavy atom. The summed E-state index contributed by atoms with van der Waals surface area (Å²) in [5.41, 5.74) is 0.474. The third kappa shape index (κ3) is 1.83. The Morgan fingerprint density at radius 2 is 2.15 bits per heavy atom. The zero-order valence-electron chi connectivity index (χ0n) is 11.1. The van der Waals surface area contributed by atoms with E-state index in [2.05, 4.69) is 4.98 Å². The molecule has 2 saturated heterocycles. The molecule has 6 heteroatoms. The molecule has 2 fully saturated rings. The number of carboxylic acid groups (broad SMARTS) is 1. The van der Waals surface area contributed by atoms with E-state index in [9.17, 15) is 19.5 Å². The molecule has 2 bridgehead atoms. The fourth-order valence-corrected chi connectivity index (χ4v) is 3.45. The van der Waals surface area contributed by atoms with E-state index in [0.717, 1.165) is 6.42 Å². The number of nitrogens with zero attached hydrogens (tertiary/aromatic N) is 1. The Labute approximate surface area is 115 Å². The highest BCUT2D eigenvalue weighted by Crippen LogP contribution is 2.42. The summed E-state index contributed by atoms with van der Waals surface area (Å²) < 4.78 is 0. The van der Waals surface area contributed by atoms with Crippen molar-refractivity contribution in [2.24, 2.45) is 5.92 Å². The van der Waals surface area contributed by atoms with Crippen LogP contribution in [0.15, 0.2) is 17.1 Å². The molecule has 1 aromatic rings. The van der Waals surface area contributed by atoms with E-state index in [0.29, 0.717) is 18.5 Å². The standard InChI is InChI=1S/C14H16N2O4/c1-7-4-12(17)10(6-15-7)13(18)16-8-2-3-11(16)9(5-8)14(19)20/h4,6,8-9,11H,2-3,5H2,1H3,(H,15,17)(H,19,20). The topological polar surface area (TPSA) is 90.5 Å². The maximum Gasteiger partial charge on any atom is 0.308 e. The second-order valence-electron chi connectivity index (χ2n) is 5.59. The first-order valence-corrected chi connectivity index (χ1v) is 6.74. The first kappa shape index (κ1) is 12.9. The van der Waals surface area contributed by atoms with Crippen molar-refractivity contribution in [3.8, 4) is 0 Å². The van der Waals surface area contributed by atoms with Gasteiger partial charge in [-0.3, -0.25) is 14.4 Å². The first-order chi connectivity index (χ1) is 9.49. The van der Waals surface area contributed by atoms with Gasteiger partial charge in [0.2, 0.25) is 0 Å². The largest absolute Gasteiger partial charge is 0.481 e. The van der Waals surface area contributed by atoms with Crippen molar-refractivity contribution in [1.82, 2.24) is 9.88 Å². The zero-order chi connectivity index (χ0) is 14.4. The Balaban J connectivity index is 1.92. The maximum absolute atomic E-state index is 12.5. The summed E-state index contributed by atoms with van der Waals surface area (Å²) in [6, 6.07) is 1.07. The van der Waals surface area contributed by atoms with E-state index in [1.165, 1.54) is 12.3 Å². The average Bonchev–Trinajstić information content (AvgIpc) is 2.95. The molecule has 1 amide bonds. The van der Waals surface area contributed by atoms with Crippen LogP contribution in [0.25, 0.3) is 0 Å². The number of nitrogens with one attached hydrogen (secondary N) is 1. The van der Waals surface area contributed by atoms with Crippen LogP contribution < -0.4 is 5.43 Å². The molecule has 0 spiro atoms. The van der Waals surface area contributed by atoms with E-state index in [1.807, 2.05) is 0 Å². The Hall–Kier alpha value is -2.11. The van der Waals surface area contributed by atoms with Crippen molar-refractivity contribution < 1.29 is 14.7 Å². The fraction of sp³-hybridized carbons (Fsp3) is 0.500. The van der Waals surface area contributed by atoms with Crippen molar-refractivity contribution in [3.05, 3.63) is 33.7 Å². The summed E-state index contributed by atoms with van der Waals surface area (Å²) in [7, 11) is 0. The van der Waals surface area contributed by atoms with E-state index in [-0.39, 0.29) is 29.0 Å². The van der Waals surface area contributed by atoms with Crippen LogP contribution in [0.3, 0.4) is 0 Å². The molecular formula is C14H16N2O4. The molecule has 6 nitrogen and oxygen atoms in total. The van der Waals surface area contributed by atoms with Crippen LogP contribution in [0, 0.1) is 12.8 Å². The molecule has 1 aromatic heterocycles. The molecule has 0 radical (unpaired) electrons. The minimum atomic E-state index is -0.854. The van der Waals surface area contributed by atoms with Crippen LogP contribution in [0.5, 0.6) is 0 Å². The van der Waals surface area contributed by atoms with E-state index < -0.39 is 11.9 Å². The van der Waals surface area contributed by atoms with Gasteiger partial charge in [-0.05, 0) is 26.2 Å². The number of aromatic nitrogens is 1. The number of H-pyrrole nitrogens is 1. The molecule has 2 aliphatic rings. The number of aryl methyl sites for hydroxylation is 1. The lowest BCUT2D eigenvalue weighted by Crippen LogP contribution is -2.39. The SMILES string of the molecule is Cc1cc(=O)c(C(=O)N2C3CCC2C(C(=O)O)C3)c[nH]1. The zero-order valence-corrected chi connectivity index (χ0v) is 11.1. The minimum absolute atomic E-state index is 0.0469. The number of carbonyl (C=O) groups is 2. The lowest BCUT2D eigenvalue weighted by atomic mass is 9.89. The predicted molar refractivity (Wildman–Crippen MR) is 70.5 cm³/mol. The summed E-state index contributed by atoms with van der Waals surface area (Å²) in [5.74, 6) is -1.70. The van der Waals surface area contributed by atoms with Gasteiger partial charge in [0.1, 0.15) is 5.56 Å². The van der Waals surface area contributed by atoms with E-state index in [4.69, 9.17) is 0 Å². The molecule has 2 aliphatic heterocycles. The lowest BCUT2D eigenvalue weighted by Gasteiger charge is -2.22. The van der Waals surface area contributed by atoms with Crippen molar-refractivity contribution >= 4 is 11.9 Å². The van der Waals surface area contributed by atoms with Crippen molar-refractivity contribution in [2.45, 2.75) is 38.3 Å². The van der Waals surface area contributed by atoms with Crippen LogP contribution in [-0.4, -0.2) is 39.0 Å². The van der Waals surface area contributed by atoms with E-state index >= 15 is 0 Å². The van der Waals surface area contributed by atoms with Gasteiger partial charge in [0.25, 0.3) is 5.91 Å². The maximum atomic E-state index is 12.5. The van der Waals surface area contributed by atoms with Gasteiger partial charge in [0.15, 0.2) is 5.43 Å². The molecule has 3 rings (SSSR count). The molecule has 3 unspecified atom stereocenters. The molecule has 0 aromatic carbocycles. The Bertz CT molecular complexity index is 636. The first-order valence-electron chi connectivity index (χ1n) is 6.74. The Kier molecular flexibility index (Phi) is 2.88. The number of carbonyl (C=O) groups excluding carboxylic acids is 1. The molecule has 3 heterocycles. The van der Waals surface area contributed by atoms with Crippen LogP contribution in [0.4, 0.5) is 0 Å². The van der Waals surface area contributed by atoms with Gasteiger partial charge in [-0.2, -0.15) is 0 Å². The number of fused-ring (bicyclic) bond motifs is 2. The summed E-state index contributed by atoms with van der Waals surface area (Å²) in [5, 5.41) is 9.19. The van der Waals surface area contributed by atoms with Gasteiger partial charge in [-0.25, -0.2) is 0 Å². The third-order valence-corrected chi connectivity index (χ3v) is 4.38. The lowest BCUT2D eigenvalue weighted by molar-refractivity contribution is -0.142. The third-order valence-electron chi connectivity index (χ3n) is 4.38. The van der Waals surface area contributed by atoms with E-state index in [1.54, 1.807) is 11.8 Å². The predicted octanol–water partition coefficient (Wildman–Crippen LogP) is 0.761. The summed E-state index contributed by atoms with van der Waals surface area (Å²) in [6.07, 6.45) is 3.45. The van der Waals surface area contributed by atoms with Gasteiger partial charge >= 0.3 is 5.97 Å². The number of pyridine rings is 1. The molecule has 20 heavy (non-hydrogen) atoms. The number of amides is 1. The number of aliphatic carboxylic acids is 1. The highest BCUT2D eigenvalue weighted by molar-refractivity contribution is 5.95. The highest BCUT2D eigenvalue weighted by atomic mass is 16.4. The van der Waals surface area contributed by atoms with Gasteiger partial charge in [0.05, 0.1) is 5.92 Å². The van der Waals surface area contributed by atoms with Crippen LogP contribution in [0.2, 0.25) is 0 Å². The molecule has 3 atom stereocenters. The number of rotatable bonds is 2. The second kappa shape index (κ2) is 4.47. The quantitative estimate of drug-likeness (QED) is 0.834. The van der Waals surface area contributed by atoms with Crippen molar-refractivity contribution in [1.29, 1.82) is 0 Å². The summed E-state index contributed by atoms with van der Waals surface area (Å²) >= 11 is 0. The van der Waals surface area contributed by atoms with Gasteiger partial charge < -0.3 is 15.0 Å². The van der Waals surface area contributed by atoms with Gasteiger partial charge in [-0.15, -0.1) is 0 Å². The highest BCUT2D eigenvalue weighted by Gasteiger charge is 2.51. The molecule has 2 N–H and O–H groups in total. The fourth-order valence-electron chi connectivity index (χ4n) is 3.45. The Morgan fingerprint density at radius 1 is 1.40 bits per heavy atom. The molecule has 0 aliphatic carbocycles. The second-order valence-corrected chi connectivity index (χ2v) is 5.59. The number of hydrogen-bond donors (Lipinski definition) is 2. The van der Waals surface area contributed by atoms with Crippen molar-refractivity contribution in [3.63, 3.8) is 0 Å². The molecular weight excluding hydrogens is 260 g/mol. The van der Waals surface area contributed by atoms with Gasteiger partial charge in [0, 0.05) is 30.0 Å². The average molecular weight is 276 g/mol. The molecule has 0 saturated carbocycles. The summed E-state index contributed by atoms with van der Waals surface area (Å²) in [6.45, 7) is 1.75. The monoisotopic (exact) mass is 276 g/mol. The number of aromatic amines is 1. The van der Waals surface area contributed by atoms with Gasteiger partial charge in [-0.1, -0.05) is 0 Å². The summed E-state index contributed by atoms with van der Waals surface area (Å²) in [4.78, 5) is 40.1. The van der Waals surface area contributed by atoms with Crippen LogP contribution >= 0.6 is 0 Å². The van der Waals surface area contributed by atoms with Crippen molar-refractivity contribution in [2.75, 3.05) is 0 Å².